The highest BCUT2D eigenvalue weighted by Crippen LogP contribution is 2.60. The van der Waals surface area contributed by atoms with Gasteiger partial charge in [0.1, 0.15) is 0 Å². The van der Waals surface area contributed by atoms with Crippen molar-refractivity contribution in [2.45, 2.75) is 114 Å². The molecular weight excluding hydrogens is 480 g/mol. The number of hydrogen-bond donors (Lipinski definition) is 0. The first-order chi connectivity index (χ1) is 17.8. The van der Waals surface area contributed by atoms with E-state index in [0.29, 0.717) is 0 Å². The van der Waals surface area contributed by atoms with Crippen LogP contribution in [-0.4, -0.2) is 13.7 Å². The molecule has 0 radical (unpaired) electrons. The number of nitrogens with zero attached hydrogens (tertiary/aromatic N) is 2. The van der Waals surface area contributed by atoms with Gasteiger partial charge in [-0.15, -0.1) is 10.6 Å². The Morgan fingerprint density at radius 3 is 2.42 bits per heavy atom. The third-order valence-electron chi connectivity index (χ3n) is 7.49. The molecule has 1 unspecified atom stereocenters. The Kier molecular flexibility index (Phi) is 9.71. The Morgan fingerprint density at radius 1 is 1.08 bits per heavy atom. The van der Waals surface area contributed by atoms with Crippen molar-refractivity contribution in [1.29, 1.82) is 0 Å². The van der Waals surface area contributed by atoms with Crippen molar-refractivity contribution in [3.63, 3.8) is 0 Å². The lowest BCUT2D eigenvalue weighted by Gasteiger charge is -2.35. The maximum atomic E-state index is 3.97. The van der Waals surface area contributed by atoms with Crippen LogP contribution in [0.2, 0.25) is 0 Å². The molecule has 206 valence electrons. The summed E-state index contributed by atoms with van der Waals surface area (Å²) >= 11 is 0. The van der Waals surface area contributed by atoms with Crippen molar-refractivity contribution >= 4 is 21.7 Å². The van der Waals surface area contributed by atoms with E-state index in [1.165, 1.54) is 58.8 Å². The number of aromatic nitrogens is 1. The zero-order valence-electron chi connectivity index (χ0n) is 25.8. The third kappa shape index (κ3) is 6.26. The molecule has 0 fully saturated rings. The summed E-state index contributed by atoms with van der Waals surface area (Å²) in [7, 11) is -1.98. The van der Waals surface area contributed by atoms with Gasteiger partial charge in [-0.25, -0.2) is 3.97 Å². The molecule has 0 bridgehead atoms. The number of unbranched alkanes of at least 4 members (excludes halogenated alkanes) is 1. The van der Waals surface area contributed by atoms with E-state index in [1.54, 1.807) is 0 Å². The first-order valence-corrected chi connectivity index (χ1v) is 16.1. The van der Waals surface area contributed by atoms with Crippen LogP contribution in [-0.2, 0) is 0 Å². The summed E-state index contributed by atoms with van der Waals surface area (Å²) < 4.78 is 5.08. The molecule has 0 spiro atoms. The van der Waals surface area contributed by atoms with E-state index in [9.17, 15) is 0 Å². The van der Waals surface area contributed by atoms with Gasteiger partial charge in [0.05, 0.1) is 11.3 Å². The fourth-order valence-electron chi connectivity index (χ4n) is 5.67. The van der Waals surface area contributed by atoms with Crippen LogP contribution in [0.5, 0.6) is 0 Å². The first kappa shape index (κ1) is 30.2. The monoisotopic (exact) mass is 531 g/mol. The summed E-state index contributed by atoms with van der Waals surface area (Å²) in [4.78, 5) is 0. The molecule has 2 nitrogen and oxygen atoms in total. The average molecular weight is 532 g/mol. The molecule has 3 heterocycles. The van der Waals surface area contributed by atoms with Gasteiger partial charge in [0.25, 0.3) is 0 Å². The van der Waals surface area contributed by atoms with Gasteiger partial charge in [-0.1, -0.05) is 72.3 Å². The van der Waals surface area contributed by atoms with Crippen LogP contribution >= 0.6 is 10.4 Å². The van der Waals surface area contributed by atoms with E-state index in [0.717, 1.165) is 31.6 Å². The molecule has 1 aromatic rings. The largest absolute Gasteiger partial charge is 0.238 e. The average Bonchev–Trinajstić information content (AvgIpc) is 3.28. The Hall–Kier alpha value is -2.36. The molecule has 0 amide bonds. The normalized spacial score (nSPS) is 20.4. The van der Waals surface area contributed by atoms with E-state index in [4.69, 9.17) is 0 Å². The highest BCUT2D eigenvalue weighted by Gasteiger charge is 2.50. The van der Waals surface area contributed by atoms with Crippen LogP contribution in [0, 0.1) is 53.4 Å². The molecule has 0 saturated heterocycles. The zero-order valence-corrected chi connectivity index (χ0v) is 26.7. The van der Waals surface area contributed by atoms with Gasteiger partial charge in [-0.3, -0.25) is 0 Å². The van der Waals surface area contributed by atoms with Crippen molar-refractivity contribution in [3.8, 4) is 22.3 Å². The van der Waals surface area contributed by atoms with Crippen molar-refractivity contribution in [3.05, 3.63) is 53.0 Å². The van der Waals surface area contributed by atoms with Crippen LogP contribution < -0.4 is 0 Å². The summed E-state index contributed by atoms with van der Waals surface area (Å²) in [5, 5.41) is 7.75. The number of fused-ring (bicyclic) bond motifs is 2. The van der Waals surface area contributed by atoms with Crippen LogP contribution in [0.4, 0.5) is 0 Å². The summed E-state index contributed by atoms with van der Waals surface area (Å²) in [5.74, 6) is 8.37. The highest BCUT2D eigenvalue weighted by atomic mass is 32.3. The Balaban J connectivity index is 2.23. The molecule has 0 aromatic carbocycles. The molecule has 1 aromatic heterocycles. The van der Waals surface area contributed by atoms with Crippen molar-refractivity contribution in [2.75, 3.05) is 0 Å². The molecule has 38 heavy (non-hydrogen) atoms. The number of rotatable bonds is 9. The van der Waals surface area contributed by atoms with Crippen molar-refractivity contribution in [1.82, 2.24) is 3.97 Å². The summed E-state index contributed by atoms with van der Waals surface area (Å²) in [6, 6.07) is 2.34. The Labute approximate surface area is 236 Å². The van der Waals surface area contributed by atoms with Crippen LogP contribution in [0.3, 0.4) is 0 Å². The summed E-state index contributed by atoms with van der Waals surface area (Å²) in [6.45, 7) is 26.7. The summed E-state index contributed by atoms with van der Waals surface area (Å²) in [5.41, 5.74) is 9.51. The number of aryl methyl sites for hydroxylation is 2. The second kappa shape index (κ2) is 12.2. The van der Waals surface area contributed by atoms with E-state index in [1.807, 2.05) is 6.08 Å². The number of hydrogen-bond acceptors (Lipinski definition) is 0. The minimum Gasteiger partial charge on any atom is -0.238 e. The molecule has 1 atom stereocenters. The molecule has 0 saturated carbocycles. The van der Waals surface area contributed by atoms with Crippen molar-refractivity contribution in [2.24, 2.45) is 17.3 Å². The predicted molar refractivity (Wildman–Crippen MR) is 170 cm³/mol. The minimum atomic E-state index is -1.98. The molecule has 3 heteroatoms. The van der Waals surface area contributed by atoms with E-state index in [-0.39, 0.29) is 11.3 Å². The molecule has 2 aliphatic rings. The van der Waals surface area contributed by atoms with Crippen molar-refractivity contribution < 1.29 is 3.98 Å². The lowest BCUT2D eigenvalue weighted by atomic mass is 9.83. The third-order valence-corrected chi connectivity index (χ3v) is 10.3. The van der Waals surface area contributed by atoms with Crippen LogP contribution in [0.15, 0.2) is 36.1 Å². The van der Waals surface area contributed by atoms with Crippen LogP contribution in [0.1, 0.15) is 117 Å². The first-order valence-electron chi connectivity index (χ1n) is 14.6. The van der Waals surface area contributed by atoms with Gasteiger partial charge in [-0.05, 0) is 69.4 Å². The van der Waals surface area contributed by atoms with Gasteiger partial charge in [-0.2, -0.15) is 0 Å². The van der Waals surface area contributed by atoms with E-state index >= 15 is 0 Å². The molecule has 3 rings (SSSR count). The Morgan fingerprint density at radius 2 is 1.79 bits per heavy atom. The van der Waals surface area contributed by atoms with E-state index < -0.39 is 10.4 Å². The zero-order chi connectivity index (χ0) is 28.3. The lowest BCUT2D eigenvalue weighted by Crippen LogP contribution is -2.30. The lowest BCUT2D eigenvalue weighted by molar-refractivity contribution is -0.285. The molecule has 2 aliphatic heterocycles. The SMILES string of the molecule is C=CCCCC1=C2C(C)=CC(C)=[N+]2S(C#CCC(C)(C)CCCC(C)C)(C#CC(C)C)n2c(C)cc(C)c21. The highest BCUT2D eigenvalue weighted by molar-refractivity contribution is 8.35. The second-order valence-corrected chi connectivity index (χ2v) is 15.0. The van der Waals surface area contributed by atoms with Gasteiger partial charge in [0.15, 0.2) is 16.1 Å². The fraction of sp³-hybridized carbons (Fsp3) is 0.571. The topological polar surface area (TPSA) is 7.94 Å². The van der Waals surface area contributed by atoms with Crippen LogP contribution in [0.25, 0.3) is 5.57 Å². The quantitative estimate of drug-likeness (QED) is 0.130. The molecule has 0 aliphatic carbocycles. The van der Waals surface area contributed by atoms with Gasteiger partial charge in [0.2, 0.25) is 5.70 Å². The van der Waals surface area contributed by atoms with Gasteiger partial charge in [0, 0.05) is 47.1 Å². The fourth-order valence-corrected chi connectivity index (χ4v) is 8.90. The van der Waals surface area contributed by atoms with Gasteiger partial charge < -0.3 is 0 Å². The maximum absolute atomic E-state index is 3.97. The number of allylic oxidation sites excluding steroid dienone is 4. The van der Waals surface area contributed by atoms with E-state index in [2.05, 4.69) is 118 Å². The predicted octanol–water partition coefficient (Wildman–Crippen LogP) is 9.92. The molecule has 0 N–H and O–H groups in total. The standard InChI is InChI=1S/C35H51N2S/c1-12-13-14-18-32-33-28(6)24-30(8)36(33)38(23-19-27(4)5,37-31(9)25-29(7)34(32)37)22-16-21-35(10,11)20-15-17-26(2)3/h12,24-27H,1,13-15,17-18,20-21H2,2-11H3/q+1. The second-order valence-electron chi connectivity index (χ2n) is 12.7. The Bertz CT molecular complexity index is 1290. The van der Waals surface area contributed by atoms with Gasteiger partial charge >= 0.3 is 0 Å². The summed E-state index contributed by atoms with van der Waals surface area (Å²) in [6.07, 6.45) is 12.2. The molecular formula is C35H51N2S+. The maximum Gasteiger partial charge on any atom is 0.229 e. The smallest absolute Gasteiger partial charge is 0.229 e. The minimum absolute atomic E-state index is 0.194.